The van der Waals surface area contributed by atoms with Crippen LogP contribution in [0.15, 0.2) is 33.5 Å². The molecule has 2 rings (SSSR count). The van der Waals surface area contributed by atoms with Crippen molar-refractivity contribution in [3.05, 3.63) is 23.5 Å². The van der Waals surface area contributed by atoms with Gasteiger partial charge in [-0.15, -0.1) is 0 Å². The number of nitrogens with zero attached hydrogens (tertiary/aromatic N) is 2. The van der Waals surface area contributed by atoms with E-state index in [1.165, 1.54) is 5.57 Å². The van der Waals surface area contributed by atoms with E-state index >= 15 is 0 Å². The van der Waals surface area contributed by atoms with Gasteiger partial charge in [-0.3, -0.25) is 9.98 Å². The Bertz CT molecular complexity index is 306. The fourth-order valence-electron chi connectivity index (χ4n) is 1.33. The molecule has 1 atom stereocenters. The number of hydrogen-bond donors (Lipinski definition) is 0. The number of hydrogen-bond acceptors (Lipinski definition) is 2. The highest BCUT2D eigenvalue weighted by Crippen LogP contribution is 2.22. The molecule has 0 saturated carbocycles. The second-order valence-corrected chi connectivity index (χ2v) is 2.87. The Morgan fingerprint density at radius 1 is 1.36 bits per heavy atom. The SMILES string of the molecule is CC1=C(C)C2=NC=CC2C=N1. The second-order valence-electron chi connectivity index (χ2n) is 2.87. The minimum atomic E-state index is 0.346. The predicted molar refractivity (Wildman–Crippen MR) is 46.9 cm³/mol. The first-order valence-electron chi connectivity index (χ1n) is 3.75. The third-order valence-electron chi connectivity index (χ3n) is 2.18. The van der Waals surface area contributed by atoms with Crippen molar-refractivity contribution in [2.45, 2.75) is 13.8 Å². The van der Waals surface area contributed by atoms with Crippen LogP contribution in [-0.2, 0) is 0 Å². The van der Waals surface area contributed by atoms with Gasteiger partial charge in [0.2, 0.25) is 0 Å². The van der Waals surface area contributed by atoms with Crippen LogP contribution < -0.4 is 0 Å². The quantitative estimate of drug-likeness (QED) is 0.499. The number of aliphatic imine (C=N–C) groups is 2. The molecule has 2 aliphatic rings. The molecular weight excluding hydrogens is 136 g/mol. The molecule has 0 N–H and O–H groups in total. The van der Waals surface area contributed by atoms with Crippen LogP contribution in [0.1, 0.15) is 13.8 Å². The van der Waals surface area contributed by atoms with E-state index in [0.29, 0.717) is 5.92 Å². The van der Waals surface area contributed by atoms with Crippen LogP contribution in [0.4, 0.5) is 0 Å². The first-order valence-corrected chi connectivity index (χ1v) is 3.75. The van der Waals surface area contributed by atoms with Crippen LogP contribution in [0.2, 0.25) is 0 Å². The lowest BCUT2D eigenvalue weighted by molar-refractivity contribution is 1.14. The summed E-state index contributed by atoms with van der Waals surface area (Å²) in [6.07, 6.45) is 5.87. The van der Waals surface area contributed by atoms with Gasteiger partial charge in [-0.25, -0.2) is 0 Å². The summed E-state index contributed by atoms with van der Waals surface area (Å²) in [5.74, 6) is 0.346. The van der Waals surface area contributed by atoms with Crippen molar-refractivity contribution in [2.75, 3.05) is 0 Å². The Morgan fingerprint density at radius 2 is 2.18 bits per heavy atom. The monoisotopic (exact) mass is 146 g/mol. The molecule has 0 bridgehead atoms. The van der Waals surface area contributed by atoms with Crippen molar-refractivity contribution in [3.63, 3.8) is 0 Å². The van der Waals surface area contributed by atoms with Crippen LogP contribution in [-0.4, -0.2) is 11.9 Å². The zero-order valence-corrected chi connectivity index (χ0v) is 6.70. The average molecular weight is 146 g/mol. The molecule has 0 aromatic carbocycles. The van der Waals surface area contributed by atoms with Crippen LogP contribution in [0.3, 0.4) is 0 Å². The molecule has 0 aromatic rings. The molecule has 2 aliphatic heterocycles. The minimum absolute atomic E-state index is 0.346. The van der Waals surface area contributed by atoms with Crippen molar-refractivity contribution in [3.8, 4) is 0 Å². The van der Waals surface area contributed by atoms with Gasteiger partial charge in [0.25, 0.3) is 0 Å². The molecule has 2 nitrogen and oxygen atoms in total. The molecular formula is C9H10N2. The first-order chi connectivity index (χ1) is 5.29. The lowest BCUT2D eigenvalue weighted by Gasteiger charge is -2.13. The fourth-order valence-corrected chi connectivity index (χ4v) is 1.33. The van der Waals surface area contributed by atoms with Crippen molar-refractivity contribution in [1.82, 2.24) is 0 Å². The summed E-state index contributed by atoms with van der Waals surface area (Å²) < 4.78 is 0. The largest absolute Gasteiger partial charge is 0.265 e. The molecule has 0 radical (unpaired) electrons. The Balaban J connectivity index is 2.48. The van der Waals surface area contributed by atoms with Gasteiger partial charge in [0.15, 0.2) is 0 Å². The predicted octanol–water partition coefficient (Wildman–Crippen LogP) is 1.95. The third-order valence-corrected chi connectivity index (χ3v) is 2.18. The van der Waals surface area contributed by atoms with Crippen LogP contribution in [0.25, 0.3) is 0 Å². The van der Waals surface area contributed by atoms with E-state index < -0.39 is 0 Å². The Morgan fingerprint density at radius 3 is 3.00 bits per heavy atom. The number of fused-ring (bicyclic) bond motifs is 1. The number of allylic oxidation sites excluding steroid dienone is 3. The molecule has 0 fully saturated rings. The van der Waals surface area contributed by atoms with Crippen LogP contribution in [0, 0.1) is 5.92 Å². The summed E-state index contributed by atoms with van der Waals surface area (Å²) in [6.45, 7) is 4.09. The van der Waals surface area contributed by atoms with E-state index in [0.717, 1.165) is 11.4 Å². The second kappa shape index (κ2) is 2.16. The molecule has 0 aliphatic carbocycles. The molecule has 11 heavy (non-hydrogen) atoms. The Labute approximate surface area is 66.1 Å². The third kappa shape index (κ3) is 0.862. The Hall–Kier alpha value is -1.18. The molecule has 0 spiro atoms. The van der Waals surface area contributed by atoms with E-state index in [-0.39, 0.29) is 0 Å². The molecule has 2 heteroatoms. The van der Waals surface area contributed by atoms with Gasteiger partial charge < -0.3 is 0 Å². The van der Waals surface area contributed by atoms with Crippen LogP contribution in [0.5, 0.6) is 0 Å². The zero-order valence-electron chi connectivity index (χ0n) is 6.70. The minimum Gasteiger partial charge on any atom is -0.265 e. The van der Waals surface area contributed by atoms with Gasteiger partial charge in [-0.1, -0.05) is 6.08 Å². The normalized spacial score (nSPS) is 27.5. The van der Waals surface area contributed by atoms with Gasteiger partial charge >= 0.3 is 0 Å². The maximum absolute atomic E-state index is 4.28. The summed E-state index contributed by atoms with van der Waals surface area (Å²) in [5.41, 5.74) is 3.48. The van der Waals surface area contributed by atoms with Gasteiger partial charge in [-0.05, 0) is 19.4 Å². The highest BCUT2D eigenvalue weighted by Gasteiger charge is 2.20. The highest BCUT2D eigenvalue weighted by molar-refractivity contribution is 6.14. The molecule has 0 aromatic heterocycles. The van der Waals surface area contributed by atoms with Crippen LogP contribution >= 0.6 is 0 Å². The summed E-state index contributed by atoms with van der Waals surface area (Å²) >= 11 is 0. The molecule has 2 heterocycles. The van der Waals surface area contributed by atoms with Crippen molar-refractivity contribution in [1.29, 1.82) is 0 Å². The standard InChI is InChI=1S/C9H10N2/c1-6-7(2)11-5-8-3-4-10-9(6)8/h3-5,8H,1-2H3. The molecule has 1 unspecified atom stereocenters. The maximum Gasteiger partial charge on any atom is 0.0573 e. The van der Waals surface area contributed by atoms with E-state index in [4.69, 9.17) is 0 Å². The molecule has 0 saturated heterocycles. The summed E-state index contributed by atoms with van der Waals surface area (Å²) in [5, 5.41) is 0. The van der Waals surface area contributed by atoms with Gasteiger partial charge in [-0.2, -0.15) is 0 Å². The topological polar surface area (TPSA) is 24.7 Å². The van der Waals surface area contributed by atoms with E-state index in [9.17, 15) is 0 Å². The highest BCUT2D eigenvalue weighted by atomic mass is 14.8. The summed E-state index contributed by atoms with van der Waals surface area (Å²) in [4.78, 5) is 8.55. The smallest absolute Gasteiger partial charge is 0.0573 e. The van der Waals surface area contributed by atoms with Gasteiger partial charge in [0.1, 0.15) is 0 Å². The number of rotatable bonds is 0. The first kappa shape index (κ1) is 6.53. The van der Waals surface area contributed by atoms with Crippen molar-refractivity contribution in [2.24, 2.45) is 15.9 Å². The lowest BCUT2D eigenvalue weighted by Crippen LogP contribution is -2.16. The lowest BCUT2D eigenvalue weighted by atomic mass is 9.96. The summed E-state index contributed by atoms with van der Waals surface area (Å²) in [7, 11) is 0. The fraction of sp³-hybridized carbons (Fsp3) is 0.333. The zero-order chi connectivity index (χ0) is 7.84. The molecule has 0 amide bonds. The Kier molecular flexibility index (Phi) is 1.28. The average Bonchev–Trinajstić information content (AvgIpc) is 2.45. The maximum atomic E-state index is 4.28. The molecule has 56 valence electrons. The van der Waals surface area contributed by atoms with Crippen molar-refractivity contribution < 1.29 is 0 Å². The van der Waals surface area contributed by atoms with E-state index in [1.807, 2.05) is 19.3 Å². The van der Waals surface area contributed by atoms with E-state index in [2.05, 4.69) is 23.0 Å². The van der Waals surface area contributed by atoms with Gasteiger partial charge in [0, 0.05) is 18.1 Å². The van der Waals surface area contributed by atoms with E-state index in [1.54, 1.807) is 0 Å². The summed E-state index contributed by atoms with van der Waals surface area (Å²) in [6, 6.07) is 0. The van der Waals surface area contributed by atoms with Gasteiger partial charge in [0.05, 0.1) is 11.6 Å². The van der Waals surface area contributed by atoms with Crippen molar-refractivity contribution >= 4 is 11.9 Å².